The summed E-state index contributed by atoms with van der Waals surface area (Å²) in [5, 5.41) is 0.0985. The van der Waals surface area contributed by atoms with Crippen LogP contribution in [0.4, 0.5) is 0 Å². The fraction of sp³-hybridized carbons (Fsp3) is 0.417. The van der Waals surface area contributed by atoms with Crippen LogP contribution in [0.3, 0.4) is 0 Å². The van der Waals surface area contributed by atoms with Crippen molar-refractivity contribution in [3.63, 3.8) is 0 Å². The molecule has 1 aromatic carbocycles. The van der Waals surface area contributed by atoms with Crippen molar-refractivity contribution in [2.75, 3.05) is 14.2 Å². The van der Waals surface area contributed by atoms with Crippen LogP contribution in [-0.4, -0.2) is 25.6 Å². The molecule has 0 aromatic heterocycles. The van der Waals surface area contributed by atoms with Crippen LogP contribution in [-0.2, 0) is 11.2 Å². The Hall–Kier alpha value is -1.20. The minimum atomic E-state index is -0.385. The molecule has 0 saturated heterocycles. The minimum Gasteiger partial charge on any atom is -0.496 e. The number of thioether (sulfide) groups is 1. The zero-order chi connectivity index (χ0) is 12.4. The standard InChI is InChI=1S/C12H15NO3S/c1-15-9-5-7-3-4-11(13)17-10(7)6-8(9)12(14)16-2/h5-6,11H,3-4,13H2,1-2H3. The molecular weight excluding hydrogens is 238 g/mol. The molecule has 5 heteroatoms. The van der Waals surface area contributed by atoms with Crippen LogP contribution in [0.25, 0.3) is 0 Å². The molecule has 2 rings (SSSR count). The lowest BCUT2D eigenvalue weighted by atomic mass is 10.1. The number of carbonyl (C=O) groups excluding carboxylic acids is 1. The first-order valence-corrected chi connectivity index (χ1v) is 6.25. The van der Waals surface area contributed by atoms with E-state index in [1.54, 1.807) is 18.9 Å². The predicted octanol–water partition coefficient (Wildman–Crippen LogP) is 1.80. The Morgan fingerprint density at radius 2 is 2.24 bits per heavy atom. The molecule has 0 bridgehead atoms. The van der Waals surface area contributed by atoms with Crippen molar-refractivity contribution >= 4 is 17.7 Å². The lowest BCUT2D eigenvalue weighted by molar-refractivity contribution is 0.0596. The molecule has 1 aliphatic heterocycles. The summed E-state index contributed by atoms with van der Waals surface area (Å²) in [5.74, 6) is 0.177. The Bertz CT molecular complexity index is 448. The average Bonchev–Trinajstić information content (AvgIpc) is 2.36. The van der Waals surface area contributed by atoms with Crippen LogP contribution in [0, 0.1) is 0 Å². The number of nitrogens with two attached hydrogens (primary N) is 1. The molecule has 1 aromatic rings. The molecule has 0 spiro atoms. The summed E-state index contributed by atoms with van der Waals surface area (Å²) in [6, 6.07) is 3.71. The number of carbonyl (C=O) groups is 1. The van der Waals surface area contributed by atoms with Crippen LogP contribution in [0.2, 0.25) is 0 Å². The van der Waals surface area contributed by atoms with E-state index in [2.05, 4.69) is 0 Å². The Morgan fingerprint density at radius 1 is 1.47 bits per heavy atom. The molecule has 0 aliphatic carbocycles. The Labute approximate surface area is 104 Å². The monoisotopic (exact) mass is 253 g/mol. The summed E-state index contributed by atoms with van der Waals surface area (Å²) in [5.41, 5.74) is 7.53. The van der Waals surface area contributed by atoms with Gasteiger partial charge in [-0.15, -0.1) is 11.8 Å². The molecule has 92 valence electrons. The third kappa shape index (κ3) is 2.40. The molecule has 1 unspecified atom stereocenters. The molecule has 0 fully saturated rings. The zero-order valence-corrected chi connectivity index (χ0v) is 10.7. The lowest BCUT2D eigenvalue weighted by Crippen LogP contribution is -2.20. The van der Waals surface area contributed by atoms with E-state index in [9.17, 15) is 4.79 Å². The highest BCUT2D eigenvalue weighted by molar-refractivity contribution is 8.00. The summed E-state index contributed by atoms with van der Waals surface area (Å²) in [6.07, 6.45) is 1.86. The number of benzene rings is 1. The Morgan fingerprint density at radius 3 is 2.88 bits per heavy atom. The van der Waals surface area contributed by atoms with Crippen molar-refractivity contribution in [2.45, 2.75) is 23.1 Å². The largest absolute Gasteiger partial charge is 0.496 e. The van der Waals surface area contributed by atoms with Crippen molar-refractivity contribution in [2.24, 2.45) is 5.73 Å². The molecule has 0 amide bonds. The van der Waals surface area contributed by atoms with Gasteiger partial charge in [-0.3, -0.25) is 0 Å². The van der Waals surface area contributed by atoms with E-state index in [1.807, 2.05) is 12.1 Å². The van der Waals surface area contributed by atoms with Crippen molar-refractivity contribution in [3.8, 4) is 5.75 Å². The summed E-state index contributed by atoms with van der Waals surface area (Å²) >= 11 is 1.59. The van der Waals surface area contributed by atoms with Gasteiger partial charge in [0.25, 0.3) is 0 Å². The normalized spacial score (nSPS) is 18.4. The van der Waals surface area contributed by atoms with E-state index in [4.69, 9.17) is 15.2 Å². The van der Waals surface area contributed by atoms with E-state index in [-0.39, 0.29) is 11.3 Å². The summed E-state index contributed by atoms with van der Waals surface area (Å²) in [4.78, 5) is 12.7. The first kappa shape index (κ1) is 12.3. The van der Waals surface area contributed by atoms with Crippen molar-refractivity contribution < 1.29 is 14.3 Å². The second kappa shape index (κ2) is 4.98. The van der Waals surface area contributed by atoms with Crippen LogP contribution < -0.4 is 10.5 Å². The number of hydrogen-bond donors (Lipinski definition) is 1. The maximum absolute atomic E-state index is 11.6. The molecule has 1 heterocycles. The third-order valence-electron chi connectivity index (χ3n) is 2.76. The van der Waals surface area contributed by atoms with Gasteiger partial charge in [0, 0.05) is 4.90 Å². The number of methoxy groups -OCH3 is 2. The molecule has 1 atom stereocenters. The minimum absolute atomic E-state index is 0.0985. The molecule has 4 nitrogen and oxygen atoms in total. The van der Waals surface area contributed by atoms with Gasteiger partial charge >= 0.3 is 5.97 Å². The molecule has 0 radical (unpaired) electrons. The first-order valence-electron chi connectivity index (χ1n) is 5.37. The van der Waals surface area contributed by atoms with Gasteiger partial charge < -0.3 is 15.2 Å². The third-order valence-corrected chi connectivity index (χ3v) is 3.94. The maximum atomic E-state index is 11.6. The van der Waals surface area contributed by atoms with E-state index < -0.39 is 0 Å². The molecule has 1 aliphatic rings. The summed E-state index contributed by atoms with van der Waals surface area (Å²) < 4.78 is 9.96. The van der Waals surface area contributed by atoms with Crippen molar-refractivity contribution in [1.29, 1.82) is 0 Å². The number of rotatable bonds is 2. The maximum Gasteiger partial charge on any atom is 0.341 e. The smallest absolute Gasteiger partial charge is 0.341 e. The van der Waals surface area contributed by atoms with Gasteiger partial charge in [-0.25, -0.2) is 4.79 Å². The molecule has 17 heavy (non-hydrogen) atoms. The van der Waals surface area contributed by atoms with Gasteiger partial charge in [-0.05, 0) is 30.5 Å². The van der Waals surface area contributed by atoms with Gasteiger partial charge in [-0.2, -0.15) is 0 Å². The number of ether oxygens (including phenoxy) is 2. The second-order valence-electron chi connectivity index (χ2n) is 3.85. The summed E-state index contributed by atoms with van der Waals surface area (Å²) in [6.45, 7) is 0. The fourth-order valence-corrected chi connectivity index (χ4v) is 2.93. The topological polar surface area (TPSA) is 61.5 Å². The molecular formula is C12H15NO3S. The van der Waals surface area contributed by atoms with E-state index in [0.717, 1.165) is 17.7 Å². The van der Waals surface area contributed by atoms with Crippen LogP contribution in [0.5, 0.6) is 5.75 Å². The number of esters is 1. The fourth-order valence-electron chi connectivity index (χ4n) is 1.87. The number of aryl methyl sites for hydroxylation is 1. The van der Waals surface area contributed by atoms with E-state index >= 15 is 0 Å². The molecule has 0 saturated carbocycles. The molecule has 2 N–H and O–H groups in total. The van der Waals surface area contributed by atoms with Gasteiger partial charge in [0.15, 0.2) is 0 Å². The van der Waals surface area contributed by atoms with Crippen LogP contribution >= 0.6 is 11.8 Å². The van der Waals surface area contributed by atoms with E-state index in [0.29, 0.717) is 11.3 Å². The quantitative estimate of drug-likeness (QED) is 0.814. The summed E-state index contributed by atoms with van der Waals surface area (Å²) in [7, 11) is 2.91. The van der Waals surface area contributed by atoms with Gasteiger partial charge in [0.05, 0.1) is 19.6 Å². The van der Waals surface area contributed by atoms with Gasteiger partial charge in [0.1, 0.15) is 11.3 Å². The SMILES string of the molecule is COC(=O)c1cc2c(cc1OC)CCC(N)S2. The Kier molecular flexibility index (Phi) is 3.59. The zero-order valence-electron chi connectivity index (χ0n) is 9.86. The number of hydrogen-bond acceptors (Lipinski definition) is 5. The van der Waals surface area contributed by atoms with Crippen molar-refractivity contribution in [3.05, 3.63) is 23.3 Å². The Balaban J connectivity index is 2.45. The number of fused-ring (bicyclic) bond motifs is 1. The second-order valence-corrected chi connectivity index (χ2v) is 5.13. The van der Waals surface area contributed by atoms with E-state index in [1.165, 1.54) is 12.7 Å². The first-order chi connectivity index (χ1) is 8.15. The highest BCUT2D eigenvalue weighted by atomic mass is 32.2. The van der Waals surface area contributed by atoms with Gasteiger partial charge in [-0.1, -0.05) is 0 Å². The van der Waals surface area contributed by atoms with Crippen molar-refractivity contribution in [1.82, 2.24) is 0 Å². The highest BCUT2D eigenvalue weighted by Crippen LogP contribution is 2.37. The van der Waals surface area contributed by atoms with Crippen LogP contribution in [0.1, 0.15) is 22.3 Å². The van der Waals surface area contributed by atoms with Gasteiger partial charge in [0.2, 0.25) is 0 Å². The van der Waals surface area contributed by atoms with Crippen LogP contribution in [0.15, 0.2) is 17.0 Å². The lowest BCUT2D eigenvalue weighted by Gasteiger charge is -2.22. The highest BCUT2D eigenvalue weighted by Gasteiger charge is 2.21. The average molecular weight is 253 g/mol. The predicted molar refractivity (Wildman–Crippen MR) is 66.5 cm³/mol.